The highest BCUT2D eigenvalue weighted by molar-refractivity contribution is 7.07. The fourth-order valence-electron chi connectivity index (χ4n) is 4.56. The van der Waals surface area contributed by atoms with Crippen molar-refractivity contribution in [3.63, 3.8) is 0 Å². The van der Waals surface area contributed by atoms with E-state index in [0.29, 0.717) is 37.7 Å². The second-order valence-corrected chi connectivity index (χ2v) is 9.60. The number of aromatic nitrogens is 1. The van der Waals surface area contributed by atoms with E-state index in [1.54, 1.807) is 37.3 Å². The highest BCUT2D eigenvalue weighted by atomic mass is 32.1. The van der Waals surface area contributed by atoms with Crippen LogP contribution >= 0.6 is 11.3 Å². The van der Waals surface area contributed by atoms with Crippen molar-refractivity contribution in [3.8, 4) is 11.5 Å². The molecule has 9 heteroatoms. The van der Waals surface area contributed by atoms with Gasteiger partial charge in [0.2, 0.25) is 6.79 Å². The molecule has 38 heavy (non-hydrogen) atoms. The second kappa shape index (κ2) is 9.75. The van der Waals surface area contributed by atoms with Crippen LogP contribution in [0.2, 0.25) is 0 Å². The molecule has 6 rings (SSSR count). The van der Waals surface area contributed by atoms with Crippen molar-refractivity contribution in [2.24, 2.45) is 4.99 Å². The van der Waals surface area contributed by atoms with Gasteiger partial charge in [-0.1, -0.05) is 59.9 Å². The summed E-state index contributed by atoms with van der Waals surface area (Å²) in [4.78, 5) is 32.5. The third-order valence-corrected chi connectivity index (χ3v) is 7.24. The first kappa shape index (κ1) is 23.9. The highest BCUT2D eigenvalue weighted by Crippen LogP contribution is 2.35. The normalized spacial score (nSPS) is 16.3. The van der Waals surface area contributed by atoms with Gasteiger partial charge in [0.1, 0.15) is 5.82 Å². The fourth-order valence-corrected chi connectivity index (χ4v) is 5.56. The molecule has 1 atom stereocenters. The van der Waals surface area contributed by atoms with Crippen LogP contribution < -0.4 is 24.4 Å². The molecule has 3 aromatic carbocycles. The quantitative estimate of drug-likeness (QED) is 0.368. The number of hydrogen-bond donors (Lipinski definition) is 0. The molecule has 0 N–H and O–H groups in total. The largest absolute Gasteiger partial charge is 0.463 e. The van der Waals surface area contributed by atoms with Crippen molar-refractivity contribution >= 4 is 29.1 Å². The lowest BCUT2D eigenvalue weighted by molar-refractivity contribution is -0.138. The zero-order valence-corrected chi connectivity index (χ0v) is 21.0. The Balaban J connectivity index is 1.61. The Morgan fingerprint density at radius 2 is 1.87 bits per heavy atom. The molecule has 0 spiro atoms. The van der Waals surface area contributed by atoms with E-state index in [1.807, 2.05) is 36.4 Å². The molecule has 7 nitrogen and oxygen atoms in total. The Morgan fingerprint density at radius 1 is 1.11 bits per heavy atom. The Hall–Kier alpha value is -4.50. The summed E-state index contributed by atoms with van der Waals surface area (Å²) in [5.74, 6) is 0.238. The molecule has 0 saturated heterocycles. The maximum absolute atomic E-state index is 13.9. The first-order valence-electron chi connectivity index (χ1n) is 12.0. The highest BCUT2D eigenvalue weighted by Gasteiger charge is 2.35. The van der Waals surface area contributed by atoms with Gasteiger partial charge in [0, 0.05) is 5.56 Å². The van der Waals surface area contributed by atoms with Crippen LogP contribution in [0, 0.1) is 5.82 Å². The molecule has 1 aromatic heterocycles. The van der Waals surface area contributed by atoms with E-state index in [2.05, 4.69) is 0 Å². The Labute approximate surface area is 220 Å². The van der Waals surface area contributed by atoms with Gasteiger partial charge in [-0.2, -0.15) is 0 Å². The SMILES string of the molecule is CCOC(=O)C1=C(c2ccccc2)N=c2s/c(=C\c3ccc4c(c3)OCO4)c(=O)n2[C@@H]1c1ccc(F)cc1. The van der Waals surface area contributed by atoms with Crippen LogP contribution in [0.15, 0.2) is 88.2 Å². The first-order chi connectivity index (χ1) is 18.5. The number of thiazole rings is 1. The Bertz CT molecular complexity index is 1760. The molecule has 190 valence electrons. The van der Waals surface area contributed by atoms with Crippen molar-refractivity contribution in [1.82, 2.24) is 4.57 Å². The summed E-state index contributed by atoms with van der Waals surface area (Å²) in [6.45, 7) is 2.01. The molecule has 0 aliphatic carbocycles. The molecule has 3 heterocycles. The predicted octanol–water partition coefficient (Wildman–Crippen LogP) is 3.80. The zero-order chi connectivity index (χ0) is 26.2. The minimum absolute atomic E-state index is 0.148. The topological polar surface area (TPSA) is 79.1 Å². The number of rotatable bonds is 5. The number of ether oxygens (including phenoxy) is 3. The number of fused-ring (bicyclic) bond motifs is 2. The molecular weight excluding hydrogens is 507 g/mol. The molecule has 2 aliphatic heterocycles. The van der Waals surface area contributed by atoms with Crippen molar-refractivity contribution in [1.29, 1.82) is 0 Å². The minimum Gasteiger partial charge on any atom is -0.463 e. The van der Waals surface area contributed by atoms with E-state index >= 15 is 0 Å². The van der Waals surface area contributed by atoms with E-state index in [-0.39, 0.29) is 24.5 Å². The van der Waals surface area contributed by atoms with Gasteiger partial charge in [0.05, 0.1) is 28.5 Å². The summed E-state index contributed by atoms with van der Waals surface area (Å²) in [6, 6.07) is 19.6. The average molecular weight is 529 g/mol. The smallest absolute Gasteiger partial charge is 0.338 e. The Kier molecular flexibility index (Phi) is 6.13. The third-order valence-electron chi connectivity index (χ3n) is 6.25. The molecule has 0 fully saturated rings. The van der Waals surface area contributed by atoms with Crippen molar-refractivity contribution in [3.05, 3.63) is 121 Å². The molecule has 0 saturated carbocycles. The maximum atomic E-state index is 13.9. The number of halogens is 1. The standard InChI is InChI=1S/C29H21FN2O5S/c1-2-35-28(34)24-25(18-6-4-3-5-7-18)31-29-32(26(24)19-9-11-20(30)12-10-19)27(33)23(38-29)15-17-8-13-21-22(14-17)37-16-36-21/h3-15,26H,2,16H2,1H3/b23-15-/t26-/m1/s1. The van der Waals surface area contributed by atoms with Gasteiger partial charge < -0.3 is 14.2 Å². The number of carbonyl (C=O) groups excluding carboxylic acids is 1. The molecule has 0 amide bonds. The lowest BCUT2D eigenvalue weighted by Crippen LogP contribution is -2.40. The molecule has 0 bridgehead atoms. The predicted molar refractivity (Wildman–Crippen MR) is 140 cm³/mol. The van der Waals surface area contributed by atoms with Crippen LogP contribution in [0.25, 0.3) is 11.8 Å². The molecular formula is C29H21FN2O5S. The maximum Gasteiger partial charge on any atom is 0.338 e. The van der Waals surface area contributed by atoms with Gasteiger partial charge in [0.15, 0.2) is 16.3 Å². The van der Waals surface area contributed by atoms with Crippen LogP contribution in [0.1, 0.15) is 29.7 Å². The van der Waals surface area contributed by atoms with Crippen molar-refractivity contribution in [2.75, 3.05) is 13.4 Å². The minimum atomic E-state index is -0.861. The number of carbonyl (C=O) groups is 1. The van der Waals surface area contributed by atoms with Gasteiger partial charge in [-0.3, -0.25) is 9.36 Å². The summed E-state index contributed by atoms with van der Waals surface area (Å²) in [7, 11) is 0. The van der Waals surface area contributed by atoms with Gasteiger partial charge in [-0.15, -0.1) is 0 Å². The molecule has 0 radical (unpaired) electrons. The molecule has 0 unspecified atom stereocenters. The van der Waals surface area contributed by atoms with E-state index < -0.39 is 17.8 Å². The van der Waals surface area contributed by atoms with Crippen molar-refractivity contribution in [2.45, 2.75) is 13.0 Å². The molecule has 4 aromatic rings. The second-order valence-electron chi connectivity index (χ2n) is 8.60. The van der Waals surface area contributed by atoms with Gasteiger partial charge in [0.25, 0.3) is 5.56 Å². The number of benzene rings is 3. The van der Waals surface area contributed by atoms with Crippen LogP contribution in [0.4, 0.5) is 4.39 Å². The van der Waals surface area contributed by atoms with Crippen LogP contribution in [0.3, 0.4) is 0 Å². The summed E-state index contributed by atoms with van der Waals surface area (Å²) in [6.07, 6.45) is 1.75. The zero-order valence-electron chi connectivity index (χ0n) is 20.2. The number of hydrogen-bond acceptors (Lipinski definition) is 7. The van der Waals surface area contributed by atoms with E-state index in [1.165, 1.54) is 28.0 Å². The first-order valence-corrected chi connectivity index (χ1v) is 12.8. The van der Waals surface area contributed by atoms with Gasteiger partial charge >= 0.3 is 5.97 Å². The van der Waals surface area contributed by atoms with Gasteiger partial charge in [-0.25, -0.2) is 14.2 Å². The Morgan fingerprint density at radius 3 is 2.63 bits per heavy atom. The van der Waals surface area contributed by atoms with E-state index in [4.69, 9.17) is 19.2 Å². The average Bonchev–Trinajstić information content (AvgIpc) is 3.52. The summed E-state index contributed by atoms with van der Waals surface area (Å²) in [5.41, 5.74) is 2.32. The van der Waals surface area contributed by atoms with Crippen LogP contribution in [0.5, 0.6) is 11.5 Å². The lowest BCUT2D eigenvalue weighted by atomic mass is 9.93. The van der Waals surface area contributed by atoms with Crippen LogP contribution in [-0.2, 0) is 9.53 Å². The lowest BCUT2D eigenvalue weighted by Gasteiger charge is -2.25. The summed E-state index contributed by atoms with van der Waals surface area (Å²) >= 11 is 1.21. The fraction of sp³-hybridized carbons (Fsp3) is 0.138. The molecule has 2 aliphatic rings. The monoisotopic (exact) mass is 528 g/mol. The summed E-state index contributed by atoms with van der Waals surface area (Å²) < 4.78 is 32.1. The van der Waals surface area contributed by atoms with Crippen molar-refractivity contribution < 1.29 is 23.4 Å². The van der Waals surface area contributed by atoms with E-state index in [9.17, 15) is 14.0 Å². The number of nitrogens with zero attached hydrogens (tertiary/aromatic N) is 2. The van der Waals surface area contributed by atoms with Gasteiger partial charge in [-0.05, 0) is 48.4 Å². The number of esters is 1. The van der Waals surface area contributed by atoms with Crippen LogP contribution in [-0.4, -0.2) is 23.9 Å². The summed E-state index contributed by atoms with van der Waals surface area (Å²) in [5, 5.41) is 0. The van der Waals surface area contributed by atoms with E-state index in [0.717, 1.165) is 5.56 Å². The third kappa shape index (κ3) is 4.20.